The molecule has 0 bridgehead atoms. The lowest BCUT2D eigenvalue weighted by molar-refractivity contribution is -0.156. The summed E-state index contributed by atoms with van der Waals surface area (Å²) in [6.07, 6.45) is 6.58. The van der Waals surface area contributed by atoms with E-state index in [9.17, 15) is 9.59 Å². The number of aromatic nitrogens is 2. The van der Waals surface area contributed by atoms with Crippen LogP contribution in [0.25, 0.3) is 0 Å². The summed E-state index contributed by atoms with van der Waals surface area (Å²) < 4.78 is 0. The van der Waals surface area contributed by atoms with E-state index in [0.29, 0.717) is 19.4 Å². The van der Waals surface area contributed by atoms with E-state index in [-0.39, 0.29) is 11.8 Å². The molecule has 0 saturated carbocycles. The van der Waals surface area contributed by atoms with Gasteiger partial charge in [-0.2, -0.15) is 0 Å². The average molecular weight is 359 g/mol. The SMILES string of the molecule is CC1(C)CCC(=O)N(CCCCN2CCN(c3ncccn3)CC2)C1=O. The van der Waals surface area contributed by atoms with Gasteiger partial charge >= 0.3 is 0 Å². The van der Waals surface area contributed by atoms with E-state index < -0.39 is 5.41 Å². The van der Waals surface area contributed by atoms with Crippen LogP contribution in [0.15, 0.2) is 18.5 Å². The maximum absolute atomic E-state index is 12.4. The van der Waals surface area contributed by atoms with E-state index in [4.69, 9.17) is 0 Å². The molecule has 0 unspecified atom stereocenters. The summed E-state index contributed by atoms with van der Waals surface area (Å²) in [5.74, 6) is 0.785. The van der Waals surface area contributed by atoms with Crippen LogP contribution in [0.1, 0.15) is 39.5 Å². The number of rotatable bonds is 6. The lowest BCUT2D eigenvalue weighted by atomic mass is 9.83. The number of piperazine rings is 1. The Balaban J connectivity index is 1.37. The standard InChI is InChI=1S/C19H29N5O2/c1-19(2)7-6-16(25)24(17(19)26)11-4-3-10-22-12-14-23(15-13-22)18-20-8-5-9-21-18/h5,8-9H,3-4,6-7,10-15H2,1-2H3. The molecule has 2 saturated heterocycles. The fourth-order valence-corrected chi connectivity index (χ4v) is 3.60. The van der Waals surface area contributed by atoms with Gasteiger partial charge in [0.05, 0.1) is 0 Å². The minimum absolute atomic E-state index is 0.00852. The molecule has 0 aliphatic carbocycles. The molecule has 0 spiro atoms. The molecule has 0 aromatic carbocycles. The summed E-state index contributed by atoms with van der Waals surface area (Å²) in [4.78, 5) is 39.2. The number of nitrogens with zero attached hydrogens (tertiary/aromatic N) is 5. The van der Waals surface area contributed by atoms with Gasteiger partial charge in [-0.05, 0) is 31.9 Å². The maximum atomic E-state index is 12.4. The Morgan fingerprint density at radius 1 is 1.00 bits per heavy atom. The number of likely N-dealkylation sites (tertiary alicyclic amines) is 1. The lowest BCUT2D eigenvalue weighted by Crippen LogP contribution is -2.49. The number of unbranched alkanes of at least 4 members (excludes halogenated alkanes) is 1. The predicted octanol–water partition coefficient (Wildman–Crippen LogP) is 1.55. The quantitative estimate of drug-likeness (QED) is 0.567. The molecule has 2 fully saturated rings. The van der Waals surface area contributed by atoms with Crippen LogP contribution in [0, 0.1) is 5.41 Å². The first-order valence-electron chi connectivity index (χ1n) is 9.56. The van der Waals surface area contributed by atoms with Crippen molar-refractivity contribution in [1.82, 2.24) is 19.8 Å². The second-order valence-electron chi connectivity index (χ2n) is 7.82. The van der Waals surface area contributed by atoms with Crippen LogP contribution in [-0.2, 0) is 9.59 Å². The average Bonchev–Trinajstić information content (AvgIpc) is 2.66. The third-order valence-electron chi connectivity index (χ3n) is 5.40. The Morgan fingerprint density at radius 2 is 1.65 bits per heavy atom. The molecule has 2 aliphatic rings. The van der Waals surface area contributed by atoms with Gasteiger partial charge in [0.15, 0.2) is 0 Å². The van der Waals surface area contributed by atoms with Crippen molar-refractivity contribution in [3.8, 4) is 0 Å². The molecule has 2 aliphatic heterocycles. The molecule has 0 radical (unpaired) electrons. The molecule has 1 aromatic rings. The van der Waals surface area contributed by atoms with Gasteiger partial charge in [-0.15, -0.1) is 0 Å². The minimum Gasteiger partial charge on any atom is -0.338 e. The molecule has 0 atom stereocenters. The van der Waals surface area contributed by atoms with Crippen LogP contribution in [0.2, 0.25) is 0 Å². The summed E-state index contributed by atoms with van der Waals surface area (Å²) in [7, 11) is 0. The molecule has 142 valence electrons. The number of carbonyl (C=O) groups is 2. The van der Waals surface area contributed by atoms with Crippen LogP contribution < -0.4 is 4.90 Å². The zero-order valence-corrected chi connectivity index (χ0v) is 15.9. The molecule has 0 N–H and O–H groups in total. The third-order valence-corrected chi connectivity index (χ3v) is 5.40. The van der Waals surface area contributed by atoms with Crippen LogP contribution in [0.3, 0.4) is 0 Å². The van der Waals surface area contributed by atoms with Crippen molar-refractivity contribution in [2.75, 3.05) is 44.2 Å². The Labute approximate surface area is 155 Å². The first-order valence-corrected chi connectivity index (χ1v) is 9.56. The number of amides is 2. The second kappa shape index (κ2) is 8.12. The molecule has 7 heteroatoms. The highest BCUT2D eigenvalue weighted by atomic mass is 16.2. The van der Waals surface area contributed by atoms with Crippen LogP contribution in [-0.4, -0.2) is 70.9 Å². The number of hydrogen-bond acceptors (Lipinski definition) is 6. The van der Waals surface area contributed by atoms with Crippen LogP contribution in [0.4, 0.5) is 5.95 Å². The molecule has 3 heterocycles. The summed E-state index contributed by atoms with van der Waals surface area (Å²) in [6.45, 7) is 9.28. The second-order valence-corrected chi connectivity index (χ2v) is 7.82. The molecular weight excluding hydrogens is 330 g/mol. The molecule has 1 aromatic heterocycles. The van der Waals surface area contributed by atoms with Gasteiger partial charge in [0, 0.05) is 57.0 Å². The number of anilines is 1. The van der Waals surface area contributed by atoms with E-state index in [0.717, 1.165) is 51.5 Å². The smallest absolute Gasteiger partial charge is 0.234 e. The van der Waals surface area contributed by atoms with Crippen molar-refractivity contribution < 1.29 is 9.59 Å². The topological polar surface area (TPSA) is 69.6 Å². The number of carbonyl (C=O) groups excluding carboxylic acids is 2. The Bertz CT molecular complexity index is 626. The Kier molecular flexibility index (Phi) is 5.86. The third kappa shape index (κ3) is 4.38. The summed E-state index contributed by atoms with van der Waals surface area (Å²) in [5, 5.41) is 0. The monoisotopic (exact) mass is 359 g/mol. The predicted molar refractivity (Wildman–Crippen MR) is 99.7 cm³/mol. The zero-order valence-electron chi connectivity index (χ0n) is 15.9. The van der Waals surface area contributed by atoms with Gasteiger partial charge in [0.2, 0.25) is 17.8 Å². The normalized spacial score (nSPS) is 21.3. The van der Waals surface area contributed by atoms with Crippen LogP contribution in [0.5, 0.6) is 0 Å². The molecule has 3 rings (SSSR count). The number of hydrogen-bond donors (Lipinski definition) is 0. The number of imide groups is 1. The Hall–Kier alpha value is -2.02. The summed E-state index contributed by atoms with van der Waals surface area (Å²) in [6, 6.07) is 1.83. The van der Waals surface area contributed by atoms with E-state index >= 15 is 0 Å². The highest BCUT2D eigenvalue weighted by molar-refractivity contribution is 6.00. The highest BCUT2D eigenvalue weighted by Gasteiger charge is 2.39. The fourth-order valence-electron chi connectivity index (χ4n) is 3.60. The van der Waals surface area contributed by atoms with Gasteiger partial charge in [0.25, 0.3) is 0 Å². The van der Waals surface area contributed by atoms with Gasteiger partial charge in [-0.1, -0.05) is 13.8 Å². The molecule has 2 amide bonds. The zero-order chi connectivity index (χ0) is 18.6. The van der Waals surface area contributed by atoms with Gasteiger partial charge in [-0.25, -0.2) is 9.97 Å². The molecule has 26 heavy (non-hydrogen) atoms. The van der Waals surface area contributed by atoms with Crippen molar-refractivity contribution in [3.63, 3.8) is 0 Å². The summed E-state index contributed by atoms with van der Waals surface area (Å²) >= 11 is 0. The van der Waals surface area contributed by atoms with Gasteiger partial charge in [-0.3, -0.25) is 19.4 Å². The van der Waals surface area contributed by atoms with E-state index in [2.05, 4.69) is 19.8 Å². The number of piperidine rings is 1. The van der Waals surface area contributed by atoms with E-state index in [1.807, 2.05) is 19.9 Å². The highest BCUT2D eigenvalue weighted by Crippen LogP contribution is 2.30. The first kappa shape index (κ1) is 18.8. The molecule has 7 nitrogen and oxygen atoms in total. The van der Waals surface area contributed by atoms with Crippen molar-refractivity contribution in [2.24, 2.45) is 5.41 Å². The maximum Gasteiger partial charge on any atom is 0.234 e. The largest absolute Gasteiger partial charge is 0.338 e. The molecular formula is C19H29N5O2. The van der Waals surface area contributed by atoms with Crippen molar-refractivity contribution in [1.29, 1.82) is 0 Å². The first-order chi connectivity index (χ1) is 12.5. The summed E-state index contributed by atoms with van der Waals surface area (Å²) in [5.41, 5.74) is -0.399. The van der Waals surface area contributed by atoms with Crippen molar-refractivity contribution >= 4 is 17.8 Å². The van der Waals surface area contributed by atoms with Crippen LogP contribution >= 0.6 is 0 Å². The van der Waals surface area contributed by atoms with Gasteiger partial charge in [0.1, 0.15) is 0 Å². The van der Waals surface area contributed by atoms with E-state index in [1.54, 1.807) is 12.4 Å². The van der Waals surface area contributed by atoms with E-state index in [1.165, 1.54) is 4.90 Å². The fraction of sp³-hybridized carbons (Fsp3) is 0.684. The van der Waals surface area contributed by atoms with Crippen molar-refractivity contribution in [2.45, 2.75) is 39.5 Å². The lowest BCUT2D eigenvalue weighted by Gasteiger charge is -2.36. The van der Waals surface area contributed by atoms with Crippen molar-refractivity contribution in [3.05, 3.63) is 18.5 Å². The minimum atomic E-state index is -0.399. The Morgan fingerprint density at radius 3 is 2.35 bits per heavy atom. The van der Waals surface area contributed by atoms with Gasteiger partial charge < -0.3 is 4.90 Å².